The smallest absolute Gasteiger partial charge is 0.237 e. The van der Waals surface area contributed by atoms with Crippen molar-refractivity contribution < 1.29 is 4.79 Å². The number of amides is 1. The summed E-state index contributed by atoms with van der Waals surface area (Å²) in [5, 5.41) is 9.24. The van der Waals surface area contributed by atoms with Crippen LogP contribution in [0.15, 0.2) is 6.33 Å². The topological polar surface area (TPSA) is 96.7 Å². The molecule has 90 valence electrons. The van der Waals surface area contributed by atoms with E-state index in [1.54, 1.807) is 0 Å². The molecule has 0 aliphatic carbocycles. The molecule has 1 heterocycles. The van der Waals surface area contributed by atoms with Gasteiger partial charge in [-0.15, -0.1) is 0 Å². The van der Waals surface area contributed by atoms with Crippen LogP contribution in [0.25, 0.3) is 0 Å². The molecule has 0 radical (unpaired) electrons. The van der Waals surface area contributed by atoms with E-state index in [-0.39, 0.29) is 17.9 Å². The van der Waals surface area contributed by atoms with Gasteiger partial charge in [0.25, 0.3) is 0 Å². The van der Waals surface area contributed by atoms with E-state index < -0.39 is 6.04 Å². The Morgan fingerprint density at radius 3 is 2.81 bits per heavy atom. The molecule has 1 aromatic rings. The Kier molecular flexibility index (Phi) is 4.42. The molecule has 6 heteroatoms. The SMILES string of the molecule is CCC(C)C(N)C(=O)NC(C)c1ncn[nH]1. The average Bonchev–Trinajstić information content (AvgIpc) is 2.80. The number of aromatic nitrogens is 3. The first kappa shape index (κ1) is 12.6. The van der Waals surface area contributed by atoms with Crippen LogP contribution in [0, 0.1) is 5.92 Å². The van der Waals surface area contributed by atoms with Gasteiger partial charge in [-0.3, -0.25) is 9.89 Å². The van der Waals surface area contributed by atoms with E-state index in [0.29, 0.717) is 5.82 Å². The third-order valence-corrected chi connectivity index (χ3v) is 2.76. The van der Waals surface area contributed by atoms with E-state index >= 15 is 0 Å². The minimum absolute atomic E-state index is 0.154. The average molecular weight is 225 g/mol. The zero-order valence-electron chi connectivity index (χ0n) is 9.90. The predicted octanol–water partition coefficient (Wildman–Crippen LogP) is 0.355. The van der Waals surface area contributed by atoms with Crippen molar-refractivity contribution in [2.24, 2.45) is 11.7 Å². The zero-order chi connectivity index (χ0) is 12.1. The van der Waals surface area contributed by atoms with E-state index in [9.17, 15) is 4.79 Å². The predicted molar refractivity (Wildman–Crippen MR) is 60.4 cm³/mol. The number of carbonyl (C=O) groups is 1. The van der Waals surface area contributed by atoms with Gasteiger partial charge in [0.1, 0.15) is 12.2 Å². The molecular weight excluding hydrogens is 206 g/mol. The lowest BCUT2D eigenvalue weighted by atomic mass is 9.99. The number of rotatable bonds is 5. The Morgan fingerprint density at radius 2 is 2.31 bits per heavy atom. The Labute approximate surface area is 95.0 Å². The van der Waals surface area contributed by atoms with Gasteiger partial charge >= 0.3 is 0 Å². The summed E-state index contributed by atoms with van der Waals surface area (Å²) >= 11 is 0. The standard InChI is InChI=1S/C10H19N5O/c1-4-6(2)8(11)10(16)14-7(3)9-12-5-13-15-9/h5-8H,4,11H2,1-3H3,(H,14,16)(H,12,13,15). The molecule has 1 rings (SSSR count). The molecule has 0 bridgehead atoms. The van der Waals surface area contributed by atoms with Crippen LogP contribution in [0.3, 0.4) is 0 Å². The third-order valence-electron chi connectivity index (χ3n) is 2.76. The molecule has 0 aromatic carbocycles. The lowest BCUT2D eigenvalue weighted by Crippen LogP contribution is -2.45. The van der Waals surface area contributed by atoms with E-state index in [4.69, 9.17) is 5.73 Å². The number of nitrogens with two attached hydrogens (primary N) is 1. The van der Waals surface area contributed by atoms with Crippen LogP contribution in [0.2, 0.25) is 0 Å². The van der Waals surface area contributed by atoms with Gasteiger partial charge in [-0.1, -0.05) is 20.3 Å². The molecule has 0 aliphatic heterocycles. The van der Waals surface area contributed by atoms with Crippen LogP contribution in [0.5, 0.6) is 0 Å². The van der Waals surface area contributed by atoms with E-state index in [2.05, 4.69) is 20.5 Å². The Morgan fingerprint density at radius 1 is 1.62 bits per heavy atom. The second kappa shape index (κ2) is 5.60. The second-order valence-electron chi connectivity index (χ2n) is 4.01. The van der Waals surface area contributed by atoms with Gasteiger partial charge < -0.3 is 11.1 Å². The summed E-state index contributed by atoms with van der Waals surface area (Å²) in [6.45, 7) is 5.81. The summed E-state index contributed by atoms with van der Waals surface area (Å²) in [6.07, 6.45) is 2.29. The molecule has 16 heavy (non-hydrogen) atoms. The quantitative estimate of drug-likeness (QED) is 0.673. The molecule has 1 aromatic heterocycles. The largest absolute Gasteiger partial charge is 0.345 e. The molecule has 3 unspecified atom stereocenters. The molecule has 0 fully saturated rings. The van der Waals surface area contributed by atoms with E-state index in [1.807, 2.05) is 20.8 Å². The van der Waals surface area contributed by atoms with Crippen LogP contribution in [0.4, 0.5) is 0 Å². The van der Waals surface area contributed by atoms with Crippen molar-refractivity contribution in [3.63, 3.8) is 0 Å². The van der Waals surface area contributed by atoms with Crippen molar-refractivity contribution in [3.8, 4) is 0 Å². The van der Waals surface area contributed by atoms with Crippen molar-refractivity contribution in [3.05, 3.63) is 12.2 Å². The van der Waals surface area contributed by atoms with Gasteiger partial charge in [-0.25, -0.2) is 4.98 Å². The molecule has 0 aliphatic rings. The van der Waals surface area contributed by atoms with Crippen LogP contribution in [-0.4, -0.2) is 27.1 Å². The number of nitrogens with one attached hydrogen (secondary N) is 2. The maximum atomic E-state index is 11.8. The van der Waals surface area contributed by atoms with Crippen molar-refractivity contribution >= 4 is 5.91 Å². The van der Waals surface area contributed by atoms with Crippen molar-refractivity contribution in [1.29, 1.82) is 0 Å². The van der Waals surface area contributed by atoms with Gasteiger partial charge in [0.15, 0.2) is 0 Å². The van der Waals surface area contributed by atoms with Gasteiger partial charge in [0.2, 0.25) is 5.91 Å². The maximum absolute atomic E-state index is 11.8. The molecule has 6 nitrogen and oxygen atoms in total. The molecule has 3 atom stereocenters. The minimum atomic E-state index is -0.477. The second-order valence-corrected chi connectivity index (χ2v) is 4.01. The maximum Gasteiger partial charge on any atom is 0.237 e. The van der Waals surface area contributed by atoms with Gasteiger partial charge in [0.05, 0.1) is 12.1 Å². The number of carbonyl (C=O) groups excluding carboxylic acids is 1. The number of H-pyrrole nitrogens is 1. The first-order valence-electron chi connectivity index (χ1n) is 5.47. The molecule has 4 N–H and O–H groups in total. The summed E-state index contributed by atoms with van der Waals surface area (Å²) < 4.78 is 0. The Bertz CT molecular complexity index is 324. The van der Waals surface area contributed by atoms with E-state index in [0.717, 1.165) is 6.42 Å². The normalized spacial score (nSPS) is 16.5. The Hall–Kier alpha value is -1.43. The van der Waals surface area contributed by atoms with Crippen molar-refractivity contribution in [2.75, 3.05) is 0 Å². The van der Waals surface area contributed by atoms with Gasteiger partial charge in [-0.05, 0) is 12.8 Å². The number of hydrogen-bond acceptors (Lipinski definition) is 4. The third kappa shape index (κ3) is 3.03. The fourth-order valence-electron chi connectivity index (χ4n) is 1.31. The monoisotopic (exact) mass is 225 g/mol. The van der Waals surface area contributed by atoms with Gasteiger partial charge in [-0.2, -0.15) is 5.10 Å². The molecular formula is C10H19N5O. The number of aromatic amines is 1. The number of nitrogens with zero attached hydrogens (tertiary/aromatic N) is 2. The highest BCUT2D eigenvalue weighted by molar-refractivity contribution is 5.82. The highest BCUT2D eigenvalue weighted by atomic mass is 16.2. The molecule has 1 amide bonds. The first-order valence-corrected chi connectivity index (χ1v) is 5.47. The molecule has 0 saturated carbocycles. The summed E-state index contributed by atoms with van der Waals surface area (Å²) in [5.74, 6) is 0.643. The first-order chi connectivity index (χ1) is 7.56. The summed E-state index contributed by atoms with van der Waals surface area (Å²) in [4.78, 5) is 15.7. The van der Waals surface area contributed by atoms with E-state index in [1.165, 1.54) is 6.33 Å². The fraction of sp³-hybridized carbons (Fsp3) is 0.700. The zero-order valence-corrected chi connectivity index (χ0v) is 9.90. The fourth-order valence-corrected chi connectivity index (χ4v) is 1.31. The van der Waals surface area contributed by atoms with Gasteiger partial charge in [0, 0.05) is 0 Å². The van der Waals surface area contributed by atoms with Crippen LogP contribution < -0.4 is 11.1 Å². The number of hydrogen-bond donors (Lipinski definition) is 3. The van der Waals surface area contributed by atoms with Crippen LogP contribution in [0.1, 0.15) is 39.1 Å². The van der Waals surface area contributed by atoms with Crippen LogP contribution in [-0.2, 0) is 4.79 Å². The van der Waals surface area contributed by atoms with Crippen molar-refractivity contribution in [2.45, 2.75) is 39.3 Å². The highest BCUT2D eigenvalue weighted by Crippen LogP contribution is 2.08. The lowest BCUT2D eigenvalue weighted by Gasteiger charge is -2.19. The lowest BCUT2D eigenvalue weighted by molar-refractivity contribution is -0.124. The summed E-state index contributed by atoms with van der Waals surface area (Å²) in [5.41, 5.74) is 5.81. The molecule has 0 saturated heterocycles. The summed E-state index contributed by atoms with van der Waals surface area (Å²) in [7, 11) is 0. The van der Waals surface area contributed by atoms with Crippen molar-refractivity contribution in [1.82, 2.24) is 20.5 Å². The highest BCUT2D eigenvalue weighted by Gasteiger charge is 2.21. The Balaban J connectivity index is 2.51. The minimum Gasteiger partial charge on any atom is -0.345 e. The summed E-state index contributed by atoms with van der Waals surface area (Å²) in [6, 6.07) is -0.680. The van der Waals surface area contributed by atoms with Crippen LogP contribution >= 0.6 is 0 Å². The molecule has 0 spiro atoms.